The Morgan fingerprint density at radius 2 is 2.30 bits per heavy atom. The van der Waals surface area contributed by atoms with Gasteiger partial charge in [0.15, 0.2) is 0 Å². The van der Waals surface area contributed by atoms with Crippen LogP contribution >= 0.6 is 11.6 Å². The molecule has 6 nitrogen and oxygen atoms in total. The molecular formula is C13H16ClN5O. The maximum atomic E-state index is 12.4. The average Bonchev–Trinajstić information content (AvgIpc) is 3.09. The fraction of sp³-hybridized carbons (Fsp3) is 0.385. The normalized spacial score (nSPS) is 20.3. The van der Waals surface area contributed by atoms with E-state index >= 15 is 0 Å². The van der Waals surface area contributed by atoms with Crippen molar-refractivity contribution in [2.75, 3.05) is 26.7 Å². The number of carbonyl (C=O) groups excluding carboxylic acids is 1. The van der Waals surface area contributed by atoms with Gasteiger partial charge in [-0.25, -0.2) is 4.98 Å². The third-order valence-electron chi connectivity index (χ3n) is 3.65. The minimum absolute atomic E-state index is 0.0263. The molecule has 0 saturated carbocycles. The van der Waals surface area contributed by atoms with Crippen LogP contribution in [0, 0.1) is 0 Å². The second kappa shape index (κ2) is 5.30. The molecule has 106 valence electrons. The quantitative estimate of drug-likeness (QED) is 0.882. The molecule has 0 aromatic carbocycles. The lowest BCUT2D eigenvalue weighted by Crippen LogP contribution is -2.49. The predicted octanol–water partition coefficient (Wildman–Crippen LogP) is 1.52. The van der Waals surface area contributed by atoms with Crippen LogP contribution in [0.3, 0.4) is 0 Å². The van der Waals surface area contributed by atoms with Gasteiger partial charge in [0.25, 0.3) is 5.91 Å². The number of nitrogens with one attached hydrogen (secondary N) is 2. The Hall–Kier alpha value is -1.79. The highest BCUT2D eigenvalue weighted by Gasteiger charge is 2.30. The predicted molar refractivity (Wildman–Crippen MR) is 75.7 cm³/mol. The molecule has 0 bridgehead atoms. The SMILES string of the molecule is CN1CCN(C(=O)c2cc(Cl)c[nH]2)CC1c1ncc[nH]1. The van der Waals surface area contributed by atoms with Crippen LogP contribution in [0.2, 0.25) is 5.02 Å². The molecular weight excluding hydrogens is 278 g/mol. The van der Waals surface area contributed by atoms with Crippen molar-refractivity contribution in [1.29, 1.82) is 0 Å². The number of hydrogen-bond donors (Lipinski definition) is 2. The molecule has 3 rings (SSSR count). The van der Waals surface area contributed by atoms with E-state index in [1.165, 1.54) is 0 Å². The lowest BCUT2D eigenvalue weighted by molar-refractivity contribution is 0.0529. The Morgan fingerprint density at radius 1 is 1.45 bits per heavy atom. The molecule has 2 aromatic heterocycles. The molecule has 1 amide bonds. The van der Waals surface area contributed by atoms with Crippen LogP contribution in [0.4, 0.5) is 0 Å². The first-order valence-electron chi connectivity index (χ1n) is 6.48. The molecule has 20 heavy (non-hydrogen) atoms. The molecule has 1 aliphatic rings. The Morgan fingerprint density at radius 3 is 2.95 bits per heavy atom. The highest BCUT2D eigenvalue weighted by Crippen LogP contribution is 2.22. The number of carbonyl (C=O) groups is 1. The van der Waals surface area contributed by atoms with Gasteiger partial charge in [-0.15, -0.1) is 0 Å². The Kier molecular flexibility index (Phi) is 3.50. The maximum absolute atomic E-state index is 12.4. The van der Waals surface area contributed by atoms with E-state index in [0.717, 1.165) is 12.4 Å². The fourth-order valence-corrected chi connectivity index (χ4v) is 2.64. The first kappa shape index (κ1) is 13.2. The molecule has 0 radical (unpaired) electrons. The summed E-state index contributed by atoms with van der Waals surface area (Å²) in [4.78, 5) is 26.8. The fourth-order valence-electron chi connectivity index (χ4n) is 2.47. The van der Waals surface area contributed by atoms with Crippen LogP contribution < -0.4 is 0 Å². The summed E-state index contributed by atoms with van der Waals surface area (Å²) >= 11 is 5.85. The van der Waals surface area contributed by atoms with Gasteiger partial charge < -0.3 is 14.9 Å². The van der Waals surface area contributed by atoms with Gasteiger partial charge in [-0.2, -0.15) is 0 Å². The van der Waals surface area contributed by atoms with Gasteiger partial charge in [0, 0.05) is 38.2 Å². The Labute approximate surface area is 121 Å². The lowest BCUT2D eigenvalue weighted by atomic mass is 10.1. The first-order chi connectivity index (χ1) is 9.65. The van der Waals surface area contributed by atoms with Crippen molar-refractivity contribution < 1.29 is 4.79 Å². The second-order valence-electron chi connectivity index (χ2n) is 4.95. The minimum atomic E-state index is -0.0263. The van der Waals surface area contributed by atoms with Crippen LogP contribution in [-0.4, -0.2) is 57.3 Å². The molecule has 1 fully saturated rings. The number of aromatic nitrogens is 3. The summed E-state index contributed by atoms with van der Waals surface area (Å²) < 4.78 is 0. The molecule has 0 aliphatic carbocycles. The van der Waals surface area contributed by atoms with Gasteiger partial charge in [-0.1, -0.05) is 11.6 Å². The van der Waals surface area contributed by atoms with Gasteiger partial charge in [0.05, 0.1) is 11.1 Å². The van der Waals surface area contributed by atoms with Crippen LogP contribution in [0.15, 0.2) is 24.7 Å². The van der Waals surface area contributed by atoms with Crippen molar-refractivity contribution in [3.63, 3.8) is 0 Å². The summed E-state index contributed by atoms with van der Waals surface area (Å²) in [5, 5.41) is 0.546. The van der Waals surface area contributed by atoms with E-state index in [2.05, 4.69) is 19.9 Å². The molecule has 7 heteroatoms. The van der Waals surface area contributed by atoms with E-state index in [4.69, 9.17) is 11.6 Å². The summed E-state index contributed by atoms with van der Waals surface area (Å²) in [6.07, 6.45) is 5.15. The summed E-state index contributed by atoms with van der Waals surface area (Å²) in [7, 11) is 2.04. The molecule has 0 spiro atoms. The van der Waals surface area contributed by atoms with Crippen LogP contribution in [0.1, 0.15) is 22.4 Å². The van der Waals surface area contributed by atoms with E-state index in [1.54, 1.807) is 24.7 Å². The molecule has 3 heterocycles. The smallest absolute Gasteiger partial charge is 0.270 e. The molecule has 1 atom stereocenters. The van der Waals surface area contributed by atoms with Crippen LogP contribution in [0.25, 0.3) is 0 Å². The van der Waals surface area contributed by atoms with E-state index in [-0.39, 0.29) is 11.9 Å². The average molecular weight is 294 g/mol. The van der Waals surface area contributed by atoms with Gasteiger partial charge in [-0.3, -0.25) is 9.69 Å². The molecule has 1 saturated heterocycles. The van der Waals surface area contributed by atoms with Crippen molar-refractivity contribution >= 4 is 17.5 Å². The highest BCUT2D eigenvalue weighted by atomic mass is 35.5. The number of H-pyrrole nitrogens is 2. The number of rotatable bonds is 2. The summed E-state index contributed by atoms with van der Waals surface area (Å²) in [6, 6.07) is 1.75. The summed E-state index contributed by atoms with van der Waals surface area (Å²) in [6.45, 7) is 2.12. The largest absolute Gasteiger partial charge is 0.356 e. The number of hydrogen-bond acceptors (Lipinski definition) is 3. The standard InChI is InChI=1S/C13H16ClN5O/c1-18-4-5-19(8-11(18)12-15-2-3-16-12)13(20)10-6-9(14)7-17-10/h2-3,6-7,11,17H,4-5,8H2,1H3,(H,15,16). The van der Waals surface area contributed by atoms with Crippen molar-refractivity contribution in [3.8, 4) is 0 Å². The van der Waals surface area contributed by atoms with Crippen molar-refractivity contribution in [2.45, 2.75) is 6.04 Å². The second-order valence-corrected chi connectivity index (χ2v) is 5.39. The number of amides is 1. The topological polar surface area (TPSA) is 68.0 Å². The lowest BCUT2D eigenvalue weighted by Gasteiger charge is -2.38. The summed E-state index contributed by atoms with van der Waals surface area (Å²) in [5.74, 6) is 0.857. The number of aromatic amines is 2. The Balaban J connectivity index is 1.77. The maximum Gasteiger partial charge on any atom is 0.270 e. The monoisotopic (exact) mass is 293 g/mol. The van der Waals surface area contributed by atoms with Gasteiger partial charge in [-0.05, 0) is 13.1 Å². The van der Waals surface area contributed by atoms with Gasteiger partial charge in [0.2, 0.25) is 0 Å². The van der Waals surface area contributed by atoms with Gasteiger partial charge in [0.1, 0.15) is 11.5 Å². The van der Waals surface area contributed by atoms with E-state index in [9.17, 15) is 4.79 Å². The van der Waals surface area contributed by atoms with E-state index < -0.39 is 0 Å². The molecule has 1 aliphatic heterocycles. The van der Waals surface area contributed by atoms with Crippen molar-refractivity contribution in [3.05, 3.63) is 41.2 Å². The van der Waals surface area contributed by atoms with Gasteiger partial charge >= 0.3 is 0 Å². The number of piperazine rings is 1. The summed E-state index contributed by atoms with van der Waals surface area (Å²) in [5.41, 5.74) is 0.526. The zero-order valence-electron chi connectivity index (χ0n) is 11.1. The molecule has 2 N–H and O–H groups in total. The molecule has 1 unspecified atom stereocenters. The number of imidazole rings is 1. The minimum Gasteiger partial charge on any atom is -0.356 e. The van der Waals surface area contributed by atoms with Crippen LogP contribution in [0.5, 0.6) is 0 Å². The highest BCUT2D eigenvalue weighted by molar-refractivity contribution is 6.30. The Bertz CT molecular complexity index is 594. The van der Waals surface area contributed by atoms with Crippen molar-refractivity contribution in [2.24, 2.45) is 0 Å². The number of halogens is 1. The zero-order chi connectivity index (χ0) is 14.1. The first-order valence-corrected chi connectivity index (χ1v) is 6.85. The zero-order valence-corrected chi connectivity index (χ0v) is 11.9. The number of nitrogens with zero attached hydrogens (tertiary/aromatic N) is 3. The van der Waals surface area contributed by atoms with Crippen LogP contribution in [-0.2, 0) is 0 Å². The van der Waals surface area contributed by atoms with Crippen molar-refractivity contribution in [1.82, 2.24) is 24.8 Å². The third-order valence-corrected chi connectivity index (χ3v) is 3.87. The third kappa shape index (κ3) is 2.44. The van der Waals surface area contributed by atoms with E-state index in [1.807, 2.05) is 11.9 Å². The van der Waals surface area contributed by atoms with E-state index in [0.29, 0.717) is 23.8 Å². The number of likely N-dealkylation sites (N-methyl/N-ethyl adjacent to an activating group) is 1. The molecule has 2 aromatic rings.